The maximum absolute atomic E-state index is 12.9. The van der Waals surface area contributed by atoms with Gasteiger partial charge in [-0.15, -0.1) is 0 Å². The molecule has 0 unspecified atom stereocenters. The van der Waals surface area contributed by atoms with Gasteiger partial charge in [-0.05, 0) is 31.0 Å². The van der Waals surface area contributed by atoms with Crippen LogP contribution >= 0.6 is 0 Å². The number of carbonyl (C=O) groups is 1. The van der Waals surface area contributed by atoms with E-state index < -0.39 is 0 Å². The Kier molecular flexibility index (Phi) is 6.42. The van der Waals surface area contributed by atoms with E-state index in [2.05, 4.69) is 16.3 Å². The van der Waals surface area contributed by atoms with Gasteiger partial charge in [-0.25, -0.2) is 4.98 Å². The highest BCUT2D eigenvalue weighted by molar-refractivity contribution is 5.97. The van der Waals surface area contributed by atoms with Crippen molar-refractivity contribution >= 4 is 11.7 Å². The molecular weight excluding hydrogens is 342 g/mol. The number of amides is 1. The van der Waals surface area contributed by atoms with Crippen LogP contribution in [0.1, 0.15) is 32.7 Å². The zero-order chi connectivity index (χ0) is 19.2. The summed E-state index contributed by atoms with van der Waals surface area (Å²) in [6, 6.07) is 10.1. The zero-order valence-corrected chi connectivity index (χ0v) is 16.2. The van der Waals surface area contributed by atoms with Crippen molar-refractivity contribution in [2.45, 2.75) is 27.0 Å². The van der Waals surface area contributed by atoms with E-state index in [0.717, 1.165) is 30.0 Å². The van der Waals surface area contributed by atoms with Gasteiger partial charge >= 0.3 is 0 Å². The Labute approximate surface area is 160 Å². The van der Waals surface area contributed by atoms with E-state index in [4.69, 9.17) is 14.5 Å². The number of nitrogens with zero attached hydrogens (tertiary/aromatic N) is 2. The Hall–Kier alpha value is -2.44. The van der Waals surface area contributed by atoms with Gasteiger partial charge in [-0.1, -0.05) is 29.8 Å². The van der Waals surface area contributed by atoms with Crippen molar-refractivity contribution in [3.63, 3.8) is 0 Å². The zero-order valence-electron chi connectivity index (χ0n) is 16.2. The van der Waals surface area contributed by atoms with Crippen molar-refractivity contribution in [2.75, 3.05) is 38.3 Å². The smallest absolute Gasteiger partial charge is 0.253 e. The summed E-state index contributed by atoms with van der Waals surface area (Å²) in [6.07, 6.45) is 0. The Balaban J connectivity index is 1.81. The molecule has 1 fully saturated rings. The van der Waals surface area contributed by atoms with Gasteiger partial charge < -0.3 is 19.7 Å². The Morgan fingerprint density at radius 3 is 2.74 bits per heavy atom. The number of rotatable bonds is 6. The molecule has 0 aliphatic carbocycles. The summed E-state index contributed by atoms with van der Waals surface area (Å²) < 4.78 is 10.7. The summed E-state index contributed by atoms with van der Waals surface area (Å²) in [5.74, 6) is 0.750. The molecule has 1 aliphatic heterocycles. The van der Waals surface area contributed by atoms with E-state index in [-0.39, 0.29) is 5.91 Å². The number of hydrogen-bond donors (Lipinski definition) is 1. The minimum atomic E-state index is -0.123. The number of methoxy groups -OCH3 is 1. The number of nitrogens with one attached hydrogen (secondary N) is 1. The molecule has 1 saturated heterocycles. The van der Waals surface area contributed by atoms with Crippen LogP contribution in [0.15, 0.2) is 30.3 Å². The fourth-order valence-corrected chi connectivity index (χ4v) is 3.32. The number of benzene rings is 1. The molecule has 0 atom stereocenters. The fourth-order valence-electron chi connectivity index (χ4n) is 3.32. The fraction of sp³-hybridized carbons (Fsp3) is 0.429. The highest BCUT2D eigenvalue weighted by atomic mass is 16.5. The number of anilines is 1. The molecule has 0 saturated carbocycles. The van der Waals surface area contributed by atoms with Crippen LogP contribution in [0.4, 0.5) is 5.82 Å². The van der Waals surface area contributed by atoms with Crippen molar-refractivity contribution in [3.8, 4) is 0 Å². The van der Waals surface area contributed by atoms with Crippen LogP contribution in [0.3, 0.4) is 0 Å². The van der Waals surface area contributed by atoms with Crippen molar-refractivity contribution in [1.29, 1.82) is 0 Å². The number of aromatic nitrogens is 1. The molecule has 144 valence electrons. The normalized spacial score (nSPS) is 14.3. The second-order valence-corrected chi connectivity index (χ2v) is 6.82. The third kappa shape index (κ3) is 4.84. The molecule has 0 radical (unpaired) electrons. The summed E-state index contributed by atoms with van der Waals surface area (Å²) in [7, 11) is 1.62. The Morgan fingerprint density at radius 1 is 1.26 bits per heavy atom. The monoisotopic (exact) mass is 369 g/mol. The van der Waals surface area contributed by atoms with Gasteiger partial charge in [0.05, 0.1) is 31.1 Å². The molecule has 1 aromatic carbocycles. The third-order valence-corrected chi connectivity index (χ3v) is 4.66. The third-order valence-electron chi connectivity index (χ3n) is 4.66. The van der Waals surface area contributed by atoms with Crippen LogP contribution in [0.5, 0.6) is 0 Å². The first kappa shape index (κ1) is 19.3. The molecular formula is C21H27N3O3. The summed E-state index contributed by atoms with van der Waals surface area (Å²) in [4.78, 5) is 19.8. The molecule has 1 N–H and O–H groups in total. The first-order valence-electron chi connectivity index (χ1n) is 9.24. The van der Waals surface area contributed by atoms with Crippen LogP contribution < -0.4 is 10.2 Å². The number of hydrogen-bond acceptors (Lipinski definition) is 5. The van der Waals surface area contributed by atoms with E-state index in [9.17, 15) is 4.79 Å². The number of carbonyl (C=O) groups excluding carboxylic acids is 1. The summed E-state index contributed by atoms with van der Waals surface area (Å²) in [6.45, 7) is 7.77. The highest BCUT2D eigenvalue weighted by Crippen LogP contribution is 2.22. The number of morpholine rings is 1. The molecule has 1 amide bonds. The van der Waals surface area contributed by atoms with E-state index in [1.165, 1.54) is 5.56 Å². The molecule has 1 aromatic heterocycles. The van der Waals surface area contributed by atoms with Crippen LogP contribution in [-0.4, -0.2) is 44.3 Å². The minimum Gasteiger partial charge on any atom is -0.378 e. The van der Waals surface area contributed by atoms with Crippen molar-refractivity contribution in [3.05, 3.63) is 58.3 Å². The molecule has 3 rings (SSSR count). The largest absolute Gasteiger partial charge is 0.378 e. The van der Waals surface area contributed by atoms with E-state index in [1.807, 2.05) is 38.1 Å². The molecule has 0 bridgehead atoms. The second-order valence-electron chi connectivity index (χ2n) is 6.82. The van der Waals surface area contributed by atoms with Gasteiger partial charge in [0.1, 0.15) is 5.82 Å². The lowest BCUT2D eigenvalue weighted by Crippen LogP contribution is -2.37. The van der Waals surface area contributed by atoms with Gasteiger partial charge in [0.25, 0.3) is 5.91 Å². The SMILES string of the molecule is COCc1nc(N2CCOCC2)cc(C)c1C(=O)NCc1cccc(C)c1. The second kappa shape index (κ2) is 8.97. The van der Waals surface area contributed by atoms with Crippen molar-refractivity contribution in [2.24, 2.45) is 0 Å². The van der Waals surface area contributed by atoms with E-state index >= 15 is 0 Å². The van der Waals surface area contributed by atoms with Crippen LogP contribution in [0.25, 0.3) is 0 Å². The molecule has 6 nitrogen and oxygen atoms in total. The Bertz CT molecular complexity index is 801. The number of pyridine rings is 1. The first-order chi connectivity index (χ1) is 13.1. The topological polar surface area (TPSA) is 63.7 Å². The maximum Gasteiger partial charge on any atom is 0.253 e. The van der Waals surface area contributed by atoms with Crippen LogP contribution in [0.2, 0.25) is 0 Å². The van der Waals surface area contributed by atoms with Crippen LogP contribution in [-0.2, 0) is 22.6 Å². The van der Waals surface area contributed by atoms with Gasteiger partial charge in [-0.2, -0.15) is 0 Å². The lowest BCUT2D eigenvalue weighted by Gasteiger charge is -2.29. The van der Waals surface area contributed by atoms with Crippen molar-refractivity contribution < 1.29 is 14.3 Å². The summed E-state index contributed by atoms with van der Waals surface area (Å²) in [5, 5.41) is 3.01. The van der Waals surface area contributed by atoms with Crippen molar-refractivity contribution in [1.82, 2.24) is 10.3 Å². The lowest BCUT2D eigenvalue weighted by atomic mass is 10.1. The van der Waals surface area contributed by atoms with Crippen LogP contribution in [0, 0.1) is 13.8 Å². The van der Waals surface area contributed by atoms with E-state index in [0.29, 0.717) is 37.6 Å². The van der Waals surface area contributed by atoms with E-state index in [1.54, 1.807) is 7.11 Å². The molecule has 0 spiro atoms. The summed E-state index contributed by atoms with van der Waals surface area (Å²) in [5.41, 5.74) is 4.42. The van der Waals surface area contributed by atoms with Gasteiger partial charge in [0.2, 0.25) is 0 Å². The summed E-state index contributed by atoms with van der Waals surface area (Å²) >= 11 is 0. The molecule has 2 aromatic rings. The van der Waals surface area contributed by atoms with Gasteiger partial charge in [0, 0.05) is 26.7 Å². The minimum absolute atomic E-state index is 0.123. The Morgan fingerprint density at radius 2 is 2.04 bits per heavy atom. The quantitative estimate of drug-likeness (QED) is 0.848. The lowest BCUT2D eigenvalue weighted by molar-refractivity contribution is 0.0944. The molecule has 27 heavy (non-hydrogen) atoms. The molecule has 6 heteroatoms. The highest BCUT2D eigenvalue weighted by Gasteiger charge is 2.20. The molecule has 1 aliphatic rings. The molecule has 2 heterocycles. The van der Waals surface area contributed by atoms with Gasteiger partial charge in [-0.3, -0.25) is 4.79 Å². The average Bonchev–Trinajstić information content (AvgIpc) is 2.67. The number of aryl methyl sites for hydroxylation is 2. The standard InChI is InChI=1S/C21H27N3O3/c1-15-5-4-6-17(11-15)13-22-21(25)20-16(2)12-19(23-18(20)14-26-3)24-7-9-27-10-8-24/h4-6,11-12H,7-10,13-14H2,1-3H3,(H,22,25). The van der Waals surface area contributed by atoms with Gasteiger partial charge in [0.15, 0.2) is 0 Å². The maximum atomic E-state index is 12.9. The average molecular weight is 369 g/mol. The first-order valence-corrected chi connectivity index (χ1v) is 9.24. The predicted octanol–water partition coefficient (Wildman–Crippen LogP) is 2.61. The number of ether oxygens (including phenoxy) is 2. The predicted molar refractivity (Wildman–Crippen MR) is 105 cm³/mol.